The van der Waals surface area contributed by atoms with Gasteiger partial charge in [0.1, 0.15) is 16.6 Å². The average Bonchev–Trinajstić information content (AvgIpc) is 3.91. The van der Waals surface area contributed by atoms with Crippen LogP contribution in [-0.4, -0.2) is 74.0 Å². The maximum Gasteiger partial charge on any atom is 0.237 e. The molecule has 1 atom stereocenters. The van der Waals surface area contributed by atoms with Crippen LogP contribution in [0.1, 0.15) is 59.0 Å². The Balaban J connectivity index is 1.04. The van der Waals surface area contributed by atoms with Gasteiger partial charge in [0.2, 0.25) is 11.8 Å². The van der Waals surface area contributed by atoms with Gasteiger partial charge in [-0.2, -0.15) is 5.26 Å². The number of likely N-dealkylation sites (tertiary alicyclic amines) is 2. The number of nitrogens with zero attached hydrogens (tertiary/aromatic N) is 6. The summed E-state index contributed by atoms with van der Waals surface area (Å²) in [6, 6.07) is 18.9. The molecule has 8 rings (SSSR count). The number of benzene rings is 3. The van der Waals surface area contributed by atoms with Gasteiger partial charge in [0.05, 0.1) is 36.5 Å². The van der Waals surface area contributed by atoms with Crippen LogP contribution in [-0.2, 0) is 24.4 Å². The van der Waals surface area contributed by atoms with E-state index in [1.807, 2.05) is 34.9 Å². The van der Waals surface area contributed by atoms with Crippen molar-refractivity contribution in [3.63, 3.8) is 0 Å². The summed E-state index contributed by atoms with van der Waals surface area (Å²) in [5.41, 5.74) is 9.52. The average molecular weight is 673 g/mol. The van der Waals surface area contributed by atoms with E-state index in [-0.39, 0.29) is 5.91 Å². The first kappa shape index (κ1) is 31.8. The van der Waals surface area contributed by atoms with E-state index in [1.54, 1.807) is 11.3 Å². The summed E-state index contributed by atoms with van der Waals surface area (Å²) < 4.78 is 6.31. The van der Waals surface area contributed by atoms with E-state index in [0.29, 0.717) is 55.2 Å². The van der Waals surface area contributed by atoms with Gasteiger partial charge in [0, 0.05) is 35.6 Å². The maximum atomic E-state index is 13.1. The third kappa shape index (κ3) is 6.06. The molecule has 1 amide bonds. The number of rotatable bonds is 7. The summed E-state index contributed by atoms with van der Waals surface area (Å²) in [4.78, 5) is 30.5. The van der Waals surface area contributed by atoms with Crippen molar-refractivity contribution in [3.05, 3.63) is 81.4 Å². The Labute approximate surface area is 290 Å². The molecule has 3 aromatic carbocycles. The van der Waals surface area contributed by atoms with Crippen molar-refractivity contribution in [1.29, 1.82) is 5.26 Å². The van der Waals surface area contributed by atoms with Gasteiger partial charge in [-0.15, -0.1) is 11.3 Å². The smallest absolute Gasteiger partial charge is 0.237 e. The van der Waals surface area contributed by atoms with Crippen LogP contribution in [0, 0.1) is 25.2 Å². The number of β-amino-alcohol motifs (C(OH)–C–C–N with tert-alkyl or cyclic N) is 1. The van der Waals surface area contributed by atoms with Gasteiger partial charge in [-0.1, -0.05) is 30.3 Å². The predicted octanol–water partition coefficient (Wildman–Crippen LogP) is 6.67. The van der Waals surface area contributed by atoms with Crippen LogP contribution < -0.4 is 0 Å². The third-order valence-corrected chi connectivity index (χ3v) is 11.5. The minimum atomic E-state index is -0.712. The molecule has 0 spiro atoms. The lowest BCUT2D eigenvalue weighted by Gasteiger charge is -2.22. The van der Waals surface area contributed by atoms with Gasteiger partial charge >= 0.3 is 0 Å². The monoisotopic (exact) mass is 672 g/mol. The molecule has 0 aliphatic carbocycles. The van der Waals surface area contributed by atoms with Crippen molar-refractivity contribution in [1.82, 2.24) is 24.7 Å². The van der Waals surface area contributed by atoms with Gasteiger partial charge < -0.3 is 14.4 Å². The summed E-state index contributed by atoms with van der Waals surface area (Å²) in [5, 5.41) is 21.2. The van der Waals surface area contributed by atoms with E-state index in [9.17, 15) is 15.2 Å². The standard InChI is InChI=1S/C39H40N6O3S/c1-24-28(8-6-10-30(24)37-41-32-17-26(19-43-13-4-5-14-43)16-27(18-40)36(32)48-37)29-9-7-11-31(25(29)2)38-42-33-20-45(21-34(33)49-38)35(46)22-44-15-12-39(3,47)23-44/h6-11,16-17,47H,4-5,12-15,19-23H2,1-3H3/t39-/m1/s1. The number of hydrogen-bond acceptors (Lipinski definition) is 9. The lowest BCUT2D eigenvalue weighted by molar-refractivity contribution is -0.132. The lowest BCUT2D eigenvalue weighted by atomic mass is 9.91. The first-order valence-corrected chi connectivity index (χ1v) is 17.9. The Morgan fingerprint density at radius 1 is 0.980 bits per heavy atom. The van der Waals surface area contributed by atoms with E-state index in [1.165, 1.54) is 12.8 Å². The number of carbonyl (C=O) groups is 1. The van der Waals surface area contributed by atoms with Crippen LogP contribution in [0.5, 0.6) is 0 Å². The molecule has 0 radical (unpaired) electrons. The molecule has 5 aromatic rings. The molecule has 2 aromatic heterocycles. The Bertz CT molecular complexity index is 2110. The Hall–Kier alpha value is -4.40. The highest BCUT2D eigenvalue weighted by molar-refractivity contribution is 7.15. The van der Waals surface area contributed by atoms with E-state index in [0.717, 1.165) is 80.7 Å². The number of thiazole rings is 1. The zero-order valence-electron chi connectivity index (χ0n) is 28.3. The van der Waals surface area contributed by atoms with Crippen LogP contribution in [0.25, 0.3) is 44.3 Å². The Morgan fingerprint density at radius 2 is 1.69 bits per heavy atom. The zero-order chi connectivity index (χ0) is 33.9. The molecule has 0 saturated carbocycles. The molecule has 250 valence electrons. The van der Waals surface area contributed by atoms with E-state index in [2.05, 4.69) is 55.1 Å². The van der Waals surface area contributed by atoms with Crippen molar-refractivity contribution in [2.45, 2.75) is 65.3 Å². The van der Waals surface area contributed by atoms with Crippen molar-refractivity contribution < 1.29 is 14.3 Å². The summed E-state index contributed by atoms with van der Waals surface area (Å²) in [5.74, 6) is 0.604. The normalized spacial score (nSPS) is 19.6. The van der Waals surface area contributed by atoms with Crippen LogP contribution in [0.4, 0.5) is 0 Å². The van der Waals surface area contributed by atoms with Gasteiger partial charge in [-0.3, -0.25) is 14.6 Å². The molecule has 2 saturated heterocycles. The van der Waals surface area contributed by atoms with E-state index >= 15 is 0 Å². The molecule has 10 heteroatoms. The van der Waals surface area contributed by atoms with Gasteiger partial charge in [-0.25, -0.2) is 9.97 Å². The largest absolute Gasteiger partial charge is 0.435 e. The van der Waals surface area contributed by atoms with Crippen molar-refractivity contribution in [2.24, 2.45) is 0 Å². The maximum absolute atomic E-state index is 13.1. The highest BCUT2D eigenvalue weighted by atomic mass is 32.1. The molecule has 9 nitrogen and oxygen atoms in total. The molecule has 3 aliphatic rings. The van der Waals surface area contributed by atoms with Crippen LogP contribution in [0.3, 0.4) is 0 Å². The number of fused-ring (bicyclic) bond motifs is 2. The minimum absolute atomic E-state index is 0.0864. The third-order valence-electron chi connectivity index (χ3n) is 10.4. The fourth-order valence-corrected chi connectivity index (χ4v) is 8.86. The number of carbonyl (C=O) groups excluding carboxylic acids is 1. The highest BCUT2D eigenvalue weighted by Gasteiger charge is 2.34. The number of aliphatic hydroxyl groups is 1. The molecular weight excluding hydrogens is 633 g/mol. The SMILES string of the molecule is Cc1c(-c2nc3cc(CN4CCCC4)cc(C#N)c3o2)cccc1-c1cccc(-c2nc3c(s2)CN(C(=O)CN2CC[C@@](C)(O)C2)C3)c1C. The summed E-state index contributed by atoms with van der Waals surface area (Å²) in [6.07, 6.45) is 3.14. The molecular formula is C39H40N6O3S. The number of oxazole rings is 1. The van der Waals surface area contributed by atoms with E-state index < -0.39 is 5.60 Å². The lowest BCUT2D eigenvalue weighted by Crippen LogP contribution is -2.38. The summed E-state index contributed by atoms with van der Waals surface area (Å²) in [7, 11) is 0. The first-order chi connectivity index (χ1) is 23.7. The van der Waals surface area contributed by atoms with Crippen LogP contribution >= 0.6 is 11.3 Å². The second-order valence-electron chi connectivity index (χ2n) is 14.2. The first-order valence-electron chi connectivity index (χ1n) is 17.1. The molecule has 0 unspecified atom stereocenters. The molecule has 0 bridgehead atoms. The second-order valence-corrected chi connectivity index (χ2v) is 15.2. The molecule has 1 N–H and O–H groups in total. The van der Waals surface area contributed by atoms with E-state index in [4.69, 9.17) is 14.4 Å². The summed E-state index contributed by atoms with van der Waals surface area (Å²) in [6.45, 7) is 11.8. The van der Waals surface area contributed by atoms with Gasteiger partial charge in [0.15, 0.2) is 5.58 Å². The highest BCUT2D eigenvalue weighted by Crippen LogP contribution is 2.40. The molecule has 5 heterocycles. The van der Waals surface area contributed by atoms with Gasteiger partial charge in [-0.05, 0) is 99.1 Å². The van der Waals surface area contributed by atoms with Crippen LogP contribution in [0.15, 0.2) is 52.9 Å². The number of hydrogen-bond donors (Lipinski definition) is 1. The molecule has 49 heavy (non-hydrogen) atoms. The number of nitriles is 1. The predicted molar refractivity (Wildman–Crippen MR) is 191 cm³/mol. The Kier molecular flexibility index (Phi) is 8.12. The second kappa shape index (κ2) is 12.5. The molecule has 2 fully saturated rings. The van der Waals surface area contributed by atoms with Gasteiger partial charge in [0.25, 0.3) is 0 Å². The zero-order valence-corrected chi connectivity index (χ0v) is 29.1. The number of aromatic nitrogens is 2. The van der Waals surface area contributed by atoms with Crippen LogP contribution in [0.2, 0.25) is 0 Å². The fourth-order valence-electron chi connectivity index (χ4n) is 7.69. The Morgan fingerprint density at radius 3 is 2.39 bits per heavy atom. The van der Waals surface area contributed by atoms with Crippen molar-refractivity contribution in [2.75, 3.05) is 32.7 Å². The molecule has 3 aliphatic heterocycles. The summed E-state index contributed by atoms with van der Waals surface area (Å²) >= 11 is 1.66. The minimum Gasteiger partial charge on any atom is -0.435 e. The number of amides is 1. The topological polar surface area (TPSA) is 110 Å². The quantitative estimate of drug-likeness (QED) is 0.204. The fraction of sp³-hybridized carbons (Fsp3) is 0.385. The van der Waals surface area contributed by atoms with Crippen molar-refractivity contribution >= 4 is 28.3 Å². The van der Waals surface area contributed by atoms with Crippen molar-refractivity contribution in [3.8, 4) is 39.2 Å².